The smallest absolute Gasteiger partial charge is 0.407 e. The molecule has 3 aromatic rings. The fraction of sp³-hybridized carbons (Fsp3) is 0.344. The average molecular weight is 559 g/mol. The van der Waals surface area contributed by atoms with Crippen molar-refractivity contribution in [3.63, 3.8) is 0 Å². The number of benzene rings is 3. The number of rotatable bonds is 10. The second-order valence-electron chi connectivity index (χ2n) is 10.3. The zero-order valence-corrected chi connectivity index (χ0v) is 22.9. The topological polar surface area (TPSA) is 114 Å². The summed E-state index contributed by atoms with van der Waals surface area (Å²) in [6, 6.07) is 23.9. The summed E-state index contributed by atoms with van der Waals surface area (Å²) in [5.41, 5.74) is 5.31. The molecular formula is C32H34N2O7. The number of hydrogen-bond donors (Lipinski definition) is 2. The van der Waals surface area contributed by atoms with Crippen LogP contribution in [0.3, 0.4) is 0 Å². The third-order valence-electron chi connectivity index (χ3n) is 7.63. The van der Waals surface area contributed by atoms with E-state index in [9.17, 15) is 19.5 Å². The minimum atomic E-state index is -1.09. The van der Waals surface area contributed by atoms with Gasteiger partial charge in [-0.25, -0.2) is 4.79 Å². The molecule has 3 unspecified atom stereocenters. The van der Waals surface area contributed by atoms with E-state index in [1.165, 1.54) is 4.90 Å². The number of carbonyl (C=O) groups is 3. The summed E-state index contributed by atoms with van der Waals surface area (Å²) in [4.78, 5) is 39.9. The first-order valence-corrected chi connectivity index (χ1v) is 13.8. The molecule has 1 saturated heterocycles. The van der Waals surface area contributed by atoms with Gasteiger partial charge in [0, 0.05) is 12.5 Å². The summed E-state index contributed by atoms with van der Waals surface area (Å²) in [6.07, 6.45) is -1.73. The number of ether oxygens (including phenoxy) is 3. The van der Waals surface area contributed by atoms with Gasteiger partial charge in [-0.3, -0.25) is 9.59 Å². The zero-order valence-electron chi connectivity index (χ0n) is 22.9. The molecule has 9 heteroatoms. The lowest BCUT2D eigenvalue weighted by molar-refractivity contribution is -0.150. The molecule has 0 bridgehead atoms. The Balaban J connectivity index is 1.30. The Morgan fingerprint density at radius 1 is 0.976 bits per heavy atom. The van der Waals surface area contributed by atoms with Crippen molar-refractivity contribution in [3.05, 3.63) is 95.6 Å². The van der Waals surface area contributed by atoms with Crippen molar-refractivity contribution in [1.82, 2.24) is 10.2 Å². The lowest BCUT2D eigenvalue weighted by Gasteiger charge is -2.38. The lowest BCUT2D eigenvalue weighted by atomic mass is 9.98. The number of carbonyl (C=O) groups excluding carboxylic acids is 2. The number of hydrogen-bond acceptors (Lipinski definition) is 6. The van der Waals surface area contributed by atoms with Crippen LogP contribution in [0.15, 0.2) is 78.9 Å². The van der Waals surface area contributed by atoms with Crippen LogP contribution < -0.4 is 5.32 Å². The zero-order chi connectivity index (χ0) is 28.8. The Morgan fingerprint density at radius 3 is 2.27 bits per heavy atom. The summed E-state index contributed by atoms with van der Waals surface area (Å²) >= 11 is 0. The van der Waals surface area contributed by atoms with Crippen LogP contribution in [0.1, 0.15) is 36.0 Å². The minimum Gasteiger partial charge on any atom is -0.481 e. The van der Waals surface area contributed by atoms with Gasteiger partial charge in [0.1, 0.15) is 12.6 Å². The molecular weight excluding hydrogens is 524 g/mol. The van der Waals surface area contributed by atoms with Crippen molar-refractivity contribution in [2.24, 2.45) is 0 Å². The highest BCUT2D eigenvalue weighted by molar-refractivity contribution is 5.87. The lowest BCUT2D eigenvalue weighted by Crippen LogP contribution is -2.59. The maximum absolute atomic E-state index is 13.8. The highest BCUT2D eigenvalue weighted by Gasteiger charge is 2.38. The van der Waals surface area contributed by atoms with Crippen molar-refractivity contribution in [2.45, 2.75) is 44.1 Å². The van der Waals surface area contributed by atoms with Crippen LogP contribution >= 0.6 is 0 Å². The minimum absolute atomic E-state index is 0.0964. The van der Waals surface area contributed by atoms with Crippen molar-refractivity contribution in [1.29, 1.82) is 0 Å². The molecule has 0 aromatic heterocycles. The fourth-order valence-electron chi connectivity index (χ4n) is 5.54. The van der Waals surface area contributed by atoms with Crippen molar-refractivity contribution in [3.8, 4) is 11.1 Å². The molecule has 2 aliphatic rings. The van der Waals surface area contributed by atoms with E-state index in [2.05, 4.69) is 17.4 Å². The standard InChI is InChI=1S/C32H34N2O7/c1-21(40-18-22-9-3-2-4-10-22)30(31(37)34-15-16-39-19-23(34)17-29(35)36)33-32(38)41-20-28-26-13-7-5-11-24(26)25-12-6-8-14-27(25)28/h2-14,21,23,28,30H,15-20H2,1H3,(H,33,38)(H,35,36). The first-order valence-electron chi connectivity index (χ1n) is 13.8. The SMILES string of the molecule is CC(OCc1ccccc1)C(NC(=O)OCC1c2ccccc2-c2ccccc21)C(=O)N1CCOCC1CC(=O)O. The quantitative estimate of drug-likeness (QED) is 0.383. The molecule has 2 N–H and O–H groups in total. The molecule has 5 rings (SSSR count). The Hall–Kier alpha value is -4.21. The number of amides is 2. The number of nitrogens with one attached hydrogen (secondary N) is 1. The van der Waals surface area contributed by atoms with Gasteiger partial charge in [-0.2, -0.15) is 0 Å². The predicted molar refractivity (Wildman–Crippen MR) is 151 cm³/mol. The van der Waals surface area contributed by atoms with Crippen molar-refractivity contribution in [2.75, 3.05) is 26.4 Å². The van der Waals surface area contributed by atoms with Crippen LogP contribution in [0.5, 0.6) is 0 Å². The molecule has 1 aliphatic heterocycles. The maximum Gasteiger partial charge on any atom is 0.407 e. The van der Waals surface area contributed by atoms with E-state index in [0.717, 1.165) is 27.8 Å². The molecule has 41 heavy (non-hydrogen) atoms. The molecule has 1 fully saturated rings. The monoisotopic (exact) mass is 558 g/mol. The number of alkyl carbamates (subject to hydrolysis) is 1. The third kappa shape index (κ3) is 6.58. The first-order chi connectivity index (χ1) is 19.9. The number of nitrogens with zero attached hydrogens (tertiary/aromatic N) is 1. The summed E-state index contributed by atoms with van der Waals surface area (Å²) < 4.78 is 17.2. The Labute approximate surface area is 239 Å². The normalized spacial score (nSPS) is 17.7. The van der Waals surface area contributed by atoms with Crippen LogP contribution in [-0.4, -0.2) is 72.5 Å². The number of fused-ring (bicyclic) bond motifs is 3. The van der Waals surface area contributed by atoms with Crippen molar-refractivity contribution >= 4 is 18.0 Å². The van der Waals surface area contributed by atoms with Crippen LogP contribution in [0.4, 0.5) is 4.79 Å². The molecule has 0 spiro atoms. The van der Waals surface area contributed by atoms with E-state index in [-0.39, 0.29) is 45.3 Å². The van der Waals surface area contributed by atoms with Gasteiger partial charge in [-0.1, -0.05) is 78.9 Å². The molecule has 214 valence electrons. The Bertz CT molecular complexity index is 1330. The number of carboxylic acids is 1. The Kier molecular flexibility index (Phi) is 8.96. The highest BCUT2D eigenvalue weighted by Crippen LogP contribution is 2.44. The number of aliphatic carboxylic acids is 1. The van der Waals surface area contributed by atoms with Crippen LogP contribution in [-0.2, 0) is 30.4 Å². The molecule has 2 amide bonds. The molecule has 1 heterocycles. The van der Waals surface area contributed by atoms with Gasteiger partial charge >= 0.3 is 12.1 Å². The van der Waals surface area contributed by atoms with Gasteiger partial charge < -0.3 is 29.5 Å². The summed E-state index contributed by atoms with van der Waals surface area (Å²) in [7, 11) is 0. The van der Waals surface area contributed by atoms with E-state index in [1.54, 1.807) is 6.92 Å². The summed E-state index contributed by atoms with van der Waals surface area (Å²) in [5.74, 6) is -1.60. The predicted octanol–water partition coefficient (Wildman–Crippen LogP) is 4.20. The molecule has 1 aliphatic carbocycles. The van der Waals surface area contributed by atoms with Gasteiger partial charge in [0.2, 0.25) is 5.91 Å². The number of morpholine rings is 1. The van der Waals surface area contributed by atoms with E-state index in [1.807, 2.05) is 66.7 Å². The van der Waals surface area contributed by atoms with Crippen LogP contribution in [0.2, 0.25) is 0 Å². The summed E-state index contributed by atoms with van der Waals surface area (Å²) in [6.45, 7) is 2.64. The van der Waals surface area contributed by atoms with Gasteiger partial charge in [0.25, 0.3) is 0 Å². The maximum atomic E-state index is 13.8. The summed E-state index contributed by atoms with van der Waals surface area (Å²) in [5, 5.41) is 12.1. The molecule has 3 atom stereocenters. The van der Waals surface area contributed by atoms with E-state index >= 15 is 0 Å². The third-order valence-corrected chi connectivity index (χ3v) is 7.63. The van der Waals surface area contributed by atoms with Gasteiger partial charge in [0.05, 0.1) is 38.4 Å². The molecule has 9 nitrogen and oxygen atoms in total. The average Bonchev–Trinajstić information content (AvgIpc) is 3.31. The van der Waals surface area contributed by atoms with Crippen LogP contribution in [0.25, 0.3) is 11.1 Å². The van der Waals surface area contributed by atoms with Gasteiger partial charge in [-0.05, 0) is 34.7 Å². The van der Waals surface area contributed by atoms with Gasteiger partial charge in [0.15, 0.2) is 0 Å². The second kappa shape index (κ2) is 13.0. The van der Waals surface area contributed by atoms with Gasteiger partial charge in [-0.15, -0.1) is 0 Å². The highest BCUT2D eigenvalue weighted by atomic mass is 16.5. The first kappa shape index (κ1) is 28.3. The molecule has 0 radical (unpaired) electrons. The Morgan fingerprint density at radius 2 is 1.61 bits per heavy atom. The second-order valence-corrected chi connectivity index (χ2v) is 10.3. The largest absolute Gasteiger partial charge is 0.481 e. The number of carboxylic acid groups (broad SMARTS) is 1. The molecule has 3 aromatic carbocycles. The van der Waals surface area contributed by atoms with E-state index < -0.39 is 36.2 Å². The fourth-order valence-corrected chi connectivity index (χ4v) is 5.54. The van der Waals surface area contributed by atoms with Crippen LogP contribution in [0, 0.1) is 0 Å². The molecule has 0 saturated carbocycles. The van der Waals surface area contributed by atoms with E-state index in [4.69, 9.17) is 14.2 Å². The van der Waals surface area contributed by atoms with E-state index in [0.29, 0.717) is 0 Å². The van der Waals surface area contributed by atoms with Crippen molar-refractivity contribution < 1.29 is 33.7 Å².